The predicted octanol–water partition coefficient (Wildman–Crippen LogP) is 3.78. The van der Waals surface area contributed by atoms with Gasteiger partial charge in [0.1, 0.15) is 0 Å². The highest BCUT2D eigenvalue weighted by Crippen LogP contribution is 2.31. The van der Waals surface area contributed by atoms with E-state index in [2.05, 4.69) is 19.1 Å². The molecule has 2 aromatic carbocycles. The third-order valence-electron chi connectivity index (χ3n) is 5.00. The molecule has 4 heteroatoms. The van der Waals surface area contributed by atoms with Crippen LogP contribution in [-0.4, -0.2) is 28.4 Å². The Hall–Kier alpha value is -2.62. The molecule has 2 atom stereocenters. The molecule has 1 aliphatic heterocycles. The Balaban J connectivity index is 1.70. The highest BCUT2D eigenvalue weighted by atomic mass is 16.4. The monoisotopic (exact) mass is 337 g/mol. The van der Waals surface area contributed by atoms with E-state index in [0.29, 0.717) is 25.8 Å². The zero-order valence-corrected chi connectivity index (χ0v) is 14.4. The number of aliphatic carboxylic acids is 1. The van der Waals surface area contributed by atoms with Gasteiger partial charge in [-0.15, -0.1) is 0 Å². The minimum absolute atomic E-state index is 0.0790. The standard InChI is InChI=1S/C21H23NO3/c1-15(16-7-3-2-4-8-16)11-12-19(23)22-14-13-17-9-5-6-10-18(17)20(22)21(24)25/h2-10,15,20H,11-14H2,1H3,(H,24,25). The van der Waals surface area contributed by atoms with Crippen molar-refractivity contribution in [3.8, 4) is 0 Å². The summed E-state index contributed by atoms with van der Waals surface area (Å²) in [6.07, 6.45) is 1.79. The number of hydrogen-bond donors (Lipinski definition) is 1. The van der Waals surface area contributed by atoms with Gasteiger partial charge in [0.25, 0.3) is 0 Å². The number of benzene rings is 2. The van der Waals surface area contributed by atoms with Gasteiger partial charge in [-0.1, -0.05) is 61.5 Å². The van der Waals surface area contributed by atoms with Crippen LogP contribution >= 0.6 is 0 Å². The van der Waals surface area contributed by atoms with Gasteiger partial charge in [-0.05, 0) is 35.4 Å². The number of carboxylic acids is 1. The summed E-state index contributed by atoms with van der Waals surface area (Å²) in [6.45, 7) is 2.56. The Morgan fingerprint density at radius 1 is 1.12 bits per heavy atom. The lowest BCUT2D eigenvalue weighted by atomic mass is 9.91. The molecular weight excluding hydrogens is 314 g/mol. The van der Waals surface area contributed by atoms with Crippen molar-refractivity contribution in [2.75, 3.05) is 6.54 Å². The minimum Gasteiger partial charge on any atom is -0.479 e. The molecule has 0 saturated heterocycles. The van der Waals surface area contributed by atoms with Gasteiger partial charge in [0.2, 0.25) is 5.91 Å². The van der Waals surface area contributed by atoms with E-state index in [4.69, 9.17) is 0 Å². The number of hydrogen-bond acceptors (Lipinski definition) is 2. The highest BCUT2D eigenvalue weighted by molar-refractivity contribution is 5.85. The Morgan fingerprint density at radius 3 is 2.52 bits per heavy atom. The van der Waals surface area contributed by atoms with Gasteiger partial charge in [0.15, 0.2) is 6.04 Å². The van der Waals surface area contributed by atoms with Crippen LogP contribution in [0.4, 0.5) is 0 Å². The predicted molar refractivity (Wildman–Crippen MR) is 96.3 cm³/mol. The molecule has 0 spiro atoms. The van der Waals surface area contributed by atoms with E-state index in [9.17, 15) is 14.7 Å². The zero-order valence-electron chi connectivity index (χ0n) is 14.4. The first-order valence-corrected chi connectivity index (χ1v) is 8.73. The van der Waals surface area contributed by atoms with Gasteiger partial charge in [-0.25, -0.2) is 4.79 Å². The molecule has 1 amide bonds. The summed E-state index contributed by atoms with van der Waals surface area (Å²) in [7, 11) is 0. The fourth-order valence-electron chi connectivity index (χ4n) is 3.53. The van der Waals surface area contributed by atoms with E-state index < -0.39 is 12.0 Å². The summed E-state index contributed by atoms with van der Waals surface area (Å²) in [5.74, 6) is -0.771. The Kier molecular flexibility index (Phi) is 5.17. The maximum absolute atomic E-state index is 12.7. The van der Waals surface area contributed by atoms with E-state index in [1.807, 2.05) is 42.5 Å². The zero-order chi connectivity index (χ0) is 17.8. The lowest BCUT2D eigenvalue weighted by molar-refractivity contribution is -0.151. The summed E-state index contributed by atoms with van der Waals surface area (Å²) in [5, 5.41) is 9.67. The third-order valence-corrected chi connectivity index (χ3v) is 5.00. The molecule has 25 heavy (non-hydrogen) atoms. The Bertz CT molecular complexity index is 757. The van der Waals surface area contributed by atoms with Crippen LogP contribution in [0.2, 0.25) is 0 Å². The maximum atomic E-state index is 12.7. The average Bonchev–Trinajstić information content (AvgIpc) is 2.65. The second kappa shape index (κ2) is 7.51. The molecule has 1 N–H and O–H groups in total. The normalized spacial score (nSPS) is 17.6. The molecule has 1 heterocycles. The number of nitrogens with zero attached hydrogens (tertiary/aromatic N) is 1. The van der Waals surface area contributed by atoms with Gasteiger partial charge in [-0.2, -0.15) is 0 Å². The summed E-state index contributed by atoms with van der Waals surface area (Å²) in [4.78, 5) is 26.0. The van der Waals surface area contributed by atoms with Crippen LogP contribution in [0.3, 0.4) is 0 Å². The Morgan fingerprint density at radius 2 is 1.80 bits per heavy atom. The minimum atomic E-state index is -0.961. The quantitative estimate of drug-likeness (QED) is 0.903. The van der Waals surface area contributed by atoms with Crippen LogP contribution in [0.15, 0.2) is 54.6 Å². The van der Waals surface area contributed by atoms with Gasteiger partial charge >= 0.3 is 5.97 Å². The first kappa shape index (κ1) is 17.2. The smallest absolute Gasteiger partial charge is 0.331 e. The lowest BCUT2D eigenvalue weighted by Gasteiger charge is -2.35. The van der Waals surface area contributed by atoms with Crippen molar-refractivity contribution in [2.45, 2.75) is 38.1 Å². The summed E-state index contributed by atoms with van der Waals surface area (Å²) >= 11 is 0. The molecule has 4 nitrogen and oxygen atoms in total. The van der Waals surface area contributed by atoms with Gasteiger partial charge < -0.3 is 10.0 Å². The fourth-order valence-corrected chi connectivity index (χ4v) is 3.53. The van der Waals surface area contributed by atoms with Crippen molar-refractivity contribution in [1.82, 2.24) is 4.90 Å². The van der Waals surface area contributed by atoms with Crippen LogP contribution in [0.25, 0.3) is 0 Å². The second-order valence-electron chi connectivity index (χ2n) is 6.63. The van der Waals surface area contributed by atoms with Gasteiger partial charge in [-0.3, -0.25) is 4.79 Å². The number of rotatable bonds is 5. The largest absolute Gasteiger partial charge is 0.479 e. The molecule has 0 saturated carbocycles. The molecule has 2 aromatic rings. The van der Waals surface area contributed by atoms with Crippen molar-refractivity contribution in [3.63, 3.8) is 0 Å². The van der Waals surface area contributed by atoms with Crippen LogP contribution in [0, 0.1) is 0 Å². The molecule has 130 valence electrons. The summed E-state index contributed by atoms with van der Waals surface area (Å²) in [5.41, 5.74) is 2.97. The summed E-state index contributed by atoms with van der Waals surface area (Å²) in [6, 6.07) is 16.7. The molecular formula is C21H23NO3. The van der Waals surface area contributed by atoms with Crippen LogP contribution in [-0.2, 0) is 16.0 Å². The first-order chi connectivity index (χ1) is 12.1. The van der Waals surface area contributed by atoms with Crippen molar-refractivity contribution >= 4 is 11.9 Å². The van der Waals surface area contributed by atoms with Crippen molar-refractivity contribution in [3.05, 3.63) is 71.3 Å². The molecule has 1 aliphatic rings. The van der Waals surface area contributed by atoms with E-state index in [-0.39, 0.29) is 11.8 Å². The van der Waals surface area contributed by atoms with Gasteiger partial charge in [0, 0.05) is 13.0 Å². The average molecular weight is 337 g/mol. The topological polar surface area (TPSA) is 57.6 Å². The molecule has 3 rings (SSSR count). The van der Waals surface area contributed by atoms with E-state index in [1.54, 1.807) is 0 Å². The molecule has 0 aromatic heterocycles. The molecule has 0 fully saturated rings. The molecule has 0 aliphatic carbocycles. The number of carboxylic acid groups (broad SMARTS) is 1. The van der Waals surface area contributed by atoms with Crippen molar-refractivity contribution < 1.29 is 14.7 Å². The fraction of sp³-hybridized carbons (Fsp3) is 0.333. The van der Waals surface area contributed by atoms with Crippen molar-refractivity contribution in [2.24, 2.45) is 0 Å². The number of fused-ring (bicyclic) bond motifs is 1. The second-order valence-corrected chi connectivity index (χ2v) is 6.63. The SMILES string of the molecule is CC(CCC(=O)N1CCc2ccccc2C1C(=O)O)c1ccccc1. The van der Waals surface area contributed by atoms with E-state index in [0.717, 1.165) is 11.1 Å². The number of carbonyl (C=O) groups is 2. The lowest BCUT2D eigenvalue weighted by Crippen LogP contribution is -2.43. The first-order valence-electron chi connectivity index (χ1n) is 8.73. The molecule has 0 bridgehead atoms. The summed E-state index contributed by atoms with van der Waals surface area (Å²) < 4.78 is 0. The van der Waals surface area contributed by atoms with Gasteiger partial charge in [0.05, 0.1) is 0 Å². The number of carbonyl (C=O) groups excluding carboxylic acids is 1. The maximum Gasteiger partial charge on any atom is 0.331 e. The van der Waals surface area contributed by atoms with Crippen molar-refractivity contribution in [1.29, 1.82) is 0 Å². The van der Waals surface area contributed by atoms with Crippen LogP contribution in [0.5, 0.6) is 0 Å². The molecule has 0 radical (unpaired) electrons. The van der Waals surface area contributed by atoms with Crippen LogP contribution < -0.4 is 0 Å². The Labute approximate surface area is 148 Å². The number of amides is 1. The highest BCUT2D eigenvalue weighted by Gasteiger charge is 2.35. The van der Waals surface area contributed by atoms with E-state index in [1.165, 1.54) is 10.5 Å². The third kappa shape index (κ3) is 3.73. The molecule has 2 unspecified atom stereocenters. The van der Waals surface area contributed by atoms with E-state index >= 15 is 0 Å². The van der Waals surface area contributed by atoms with Crippen LogP contribution in [0.1, 0.15) is 48.4 Å².